The molecule has 3 heterocycles. The van der Waals surface area contributed by atoms with Crippen molar-refractivity contribution in [3.8, 4) is 0 Å². The van der Waals surface area contributed by atoms with E-state index in [1.807, 2.05) is 4.90 Å². The van der Waals surface area contributed by atoms with Crippen molar-refractivity contribution in [2.45, 2.75) is 12.2 Å². The van der Waals surface area contributed by atoms with E-state index >= 15 is 0 Å². The normalized spacial score (nSPS) is 16.2. The molecule has 1 aliphatic heterocycles. The zero-order valence-corrected chi connectivity index (χ0v) is 17.6. The molecule has 174 valence electrons. The third kappa shape index (κ3) is 4.36. The van der Waals surface area contributed by atoms with Gasteiger partial charge in [-0.05, 0) is 24.3 Å². The fraction of sp³-hybridized carbons (Fsp3) is 0.318. The van der Waals surface area contributed by atoms with Gasteiger partial charge in [-0.1, -0.05) is 6.07 Å². The van der Waals surface area contributed by atoms with Gasteiger partial charge in [-0.25, -0.2) is 9.78 Å². The number of carboxylic acid groups (broad SMARTS) is 2. The molecule has 1 unspecified atom stereocenters. The smallest absolute Gasteiger partial charge is 0.417 e. The fourth-order valence-electron chi connectivity index (χ4n) is 4.20. The molecule has 2 N–H and O–H groups in total. The van der Waals surface area contributed by atoms with Gasteiger partial charge in [-0.3, -0.25) is 9.69 Å². The number of fused-ring (bicyclic) bond motifs is 1. The number of hydrogen-bond acceptors (Lipinski definition) is 5. The van der Waals surface area contributed by atoms with Crippen LogP contribution in [0.3, 0.4) is 0 Å². The first-order valence-electron chi connectivity index (χ1n) is 10.1. The maximum absolute atomic E-state index is 12.8. The molecule has 11 heteroatoms. The average Bonchev–Trinajstić information content (AvgIpc) is 3.09. The van der Waals surface area contributed by atoms with Gasteiger partial charge < -0.3 is 19.7 Å². The molecule has 33 heavy (non-hydrogen) atoms. The standard InChI is InChI=1S/C22H21F3N4O4/c1-27-12-16(15-4-2-13(20(30)31)10-17(15)27)19(21(32)33)29-8-6-28(7-9-29)18-5-3-14(11-26-18)22(23,24)25/h2-5,10-12,19H,6-9H2,1H3,(H,30,31)(H,32,33). The average molecular weight is 462 g/mol. The Morgan fingerprint density at radius 3 is 2.30 bits per heavy atom. The Kier molecular flexibility index (Phi) is 5.75. The molecule has 0 radical (unpaired) electrons. The maximum atomic E-state index is 12.8. The third-order valence-electron chi connectivity index (χ3n) is 5.88. The van der Waals surface area contributed by atoms with Crippen LogP contribution in [0.15, 0.2) is 42.7 Å². The van der Waals surface area contributed by atoms with Crippen LogP contribution in [0, 0.1) is 0 Å². The van der Waals surface area contributed by atoms with Crippen molar-refractivity contribution in [1.82, 2.24) is 14.5 Å². The molecule has 2 aromatic heterocycles. The van der Waals surface area contributed by atoms with Crippen LogP contribution >= 0.6 is 0 Å². The molecular formula is C22H21F3N4O4. The molecule has 0 amide bonds. The van der Waals surface area contributed by atoms with E-state index in [1.165, 1.54) is 18.2 Å². The number of carbonyl (C=O) groups is 2. The Labute approximate surface area is 186 Å². The van der Waals surface area contributed by atoms with Gasteiger partial charge in [-0.2, -0.15) is 13.2 Å². The second-order valence-electron chi connectivity index (χ2n) is 7.90. The summed E-state index contributed by atoms with van der Waals surface area (Å²) in [7, 11) is 1.73. The minimum absolute atomic E-state index is 0.111. The third-order valence-corrected chi connectivity index (χ3v) is 5.88. The molecule has 8 nitrogen and oxygen atoms in total. The molecule has 0 aliphatic carbocycles. The van der Waals surface area contributed by atoms with Gasteiger partial charge in [0.15, 0.2) is 0 Å². The van der Waals surface area contributed by atoms with Crippen molar-refractivity contribution >= 4 is 28.7 Å². The summed E-state index contributed by atoms with van der Waals surface area (Å²) in [6, 6.07) is 5.92. The van der Waals surface area contributed by atoms with Gasteiger partial charge in [0.2, 0.25) is 0 Å². The lowest BCUT2D eigenvalue weighted by Crippen LogP contribution is -2.49. The molecule has 0 saturated carbocycles. The van der Waals surface area contributed by atoms with Crippen molar-refractivity contribution in [1.29, 1.82) is 0 Å². The van der Waals surface area contributed by atoms with E-state index in [2.05, 4.69) is 4.98 Å². The summed E-state index contributed by atoms with van der Waals surface area (Å²) >= 11 is 0. The van der Waals surface area contributed by atoms with E-state index in [-0.39, 0.29) is 5.56 Å². The number of aliphatic carboxylic acids is 1. The number of pyridine rings is 1. The van der Waals surface area contributed by atoms with Crippen LogP contribution in [0.4, 0.5) is 19.0 Å². The van der Waals surface area contributed by atoms with Crippen LogP contribution in [0.5, 0.6) is 0 Å². The predicted octanol–water partition coefficient (Wildman–Crippen LogP) is 3.24. The SMILES string of the molecule is Cn1cc(C(C(=O)O)N2CCN(c3ccc(C(F)(F)F)cn3)CC2)c2ccc(C(=O)O)cc21. The lowest BCUT2D eigenvalue weighted by Gasteiger charge is -2.38. The zero-order valence-electron chi connectivity index (χ0n) is 17.6. The lowest BCUT2D eigenvalue weighted by atomic mass is 10.0. The first-order valence-corrected chi connectivity index (χ1v) is 10.1. The quantitative estimate of drug-likeness (QED) is 0.601. The summed E-state index contributed by atoms with van der Waals surface area (Å²) in [5.41, 5.74) is 0.458. The first-order chi connectivity index (χ1) is 15.6. The van der Waals surface area contributed by atoms with Crippen LogP contribution in [-0.4, -0.2) is 62.8 Å². The highest BCUT2D eigenvalue weighted by molar-refractivity contribution is 5.96. The Morgan fingerprint density at radius 1 is 1.06 bits per heavy atom. The molecule has 1 saturated heterocycles. The van der Waals surface area contributed by atoms with E-state index in [0.29, 0.717) is 48.5 Å². The van der Waals surface area contributed by atoms with Gasteiger partial charge in [0.1, 0.15) is 11.9 Å². The van der Waals surface area contributed by atoms with Crippen LogP contribution in [0.2, 0.25) is 0 Å². The van der Waals surface area contributed by atoms with Gasteiger partial charge in [0.25, 0.3) is 0 Å². The van der Waals surface area contributed by atoms with Gasteiger partial charge in [0, 0.05) is 62.1 Å². The number of halogens is 3. The zero-order chi connectivity index (χ0) is 23.9. The second kappa shape index (κ2) is 8.39. The lowest BCUT2D eigenvalue weighted by molar-refractivity contribution is -0.143. The Hall–Kier alpha value is -3.60. The van der Waals surface area contributed by atoms with Crippen LogP contribution in [0.25, 0.3) is 10.9 Å². The minimum atomic E-state index is -4.46. The number of aromatic nitrogens is 2. The monoisotopic (exact) mass is 462 g/mol. The Bertz CT molecular complexity index is 1200. The highest BCUT2D eigenvalue weighted by atomic mass is 19.4. The molecule has 1 aromatic carbocycles. The molecule has 0 spiro atoms. The summed E-state index contributed by atoms with van der Waals surface area (Å²) in [5, 5.41) is 19.9. The fourth-order valence-corrected chi connectivity index (χ4v) is 4.20. The summed E-state index contributed by atoms with van der Waals surface area (Å²) in [5.74, 6) is -1.70. The van der Waals surface area contributed by atoms with E-state index < -0.39 is 29.7 Å². The van der Waals surface area contributed by atoms with Crippen molar-refractivity contribution in [2.75, 3.05) is 31.1 Å². The number of piperazine rings is 1. The highest BCUT2D eigenvalue weighted by Gasteiger charge is 2.34. The number of rotatable bonds is 5. The first kappa shape index (κ1) is 22.6. The summed E-state index contributed by atoms with van der Waals surface area (Å²) < 4.78 is 40.0. The molecular weight excluding hydrogens is 441 g/mol. The van der Waals surface area contributed by atoms with Crippen molar-refractivity contribution in [2.24, 2.45) is 7.05 Å². The number of aryl methyl sites for hydroxylation is 1. The number of carboxylic acids is 2. The van der Waals surface area contributed by atoms with Crippen molar-refractivity contribution < 1.29 is 33.0 Å². The Balaban J connectivity index is 1.55. The Morgan fingerprint density at radius 2 is 1.76 bits per heavy atom. The number of hydrogen-bond donors (Lipinski definition) is 2. The molecule has 1 fully saturated rings. The van der Waals surface area contributed by atoms with Gasteiger partial charge >= 0.3 is 18.1 Å². The van der Waals surface area contributed by atoms with Crippen LogP contribution < -0.4 is 4.90 Å². The topological polar surface area (TPSA) is 98.9 Å². The number of alkyl halides is 3. The van der Waals surface area contributed by atoms with Crippen LogP contribution in [-0.2, 0) is 18.0 Å². The minimum Gasteiger partial charge on any atom is -0.480 e. The summed E-state index contributed by atoms with van der Waals surface area (Å²) in [6.45, 7) is 1.53. The van der Waals surface area contributed by atoms with E-state index in [9.17, 15) is 33.0 Å². The van der Waals surface area contributed by atoms with E-state index in [0.717, 1.165) is 12.3 Å². The van der Waals surface area contributed by atoms with Gasteiger partial charge in [-0.15, -0.1) is 0 Å². The second-order valence-corrected chi connectivity index (χ2v) is 7.90. The number of nitrogens with zero attached hydrogens (tertiary/aromatic N) is 4. The number of benzene rings is 1. The van der Waals surface area contributed by atoms with Crippen molar-refractivity contribution in [3.63, 3.8) is 0 Å². The predicted molar refractivity (Wildman–Crippen MR) is 113 cm³/mol. The number of aromatic carboxylic acids is 1. The molecule has 1 aliphatic rings. The summed E-state index contributed by atoms with van der Waals surface area (Å²) in [4.78, 5) is 31.1. The highest BCUT2D eigenvalue weighted by Crippen LogP contribution is 2.33. The largest absolute Gasteiger partial charge is 0.480 e. The molecule has 4 rings (SSSR count). The maximum Gasteiger partial charge on any atom is 0.417 e. The summed E-state index contributed by atoms with van der Waals surface area (Å²) in [6.07, 6.45) is -1.97. The molecule has 1 atom stereocenters. The van der Waals surface area contributed by atoms with E-state index in [4.69, 9.17) is 0 Å². The van der Waals surface area contributed by atoms with Crippen LogP contribution in [0.1, 0.15) is 27.5 Å². The van der Waals surface area contributed by atoms with E-state index in [1.54, 1.807) is 28.8 Å². The molecule has 0 bridgehead atoms. The number of anilines is 1. The molecule has 3 aromatic rings. The van der Waals surface area contributed by atoms with Gasteiger partial charge in [0.05, 0.1) is 11.1 Å². The van der Waals surface area contributed by atoms with Crippen molar-refractivity contribution in [3.05, 3.63) is 59.4 Å².